The molecule has 4 rings (SSSR count). The fourth-order valence-electron chi connectivity index (χ4n) is 3.34. The molecule has 2 fully saturated rings. The minimum Gasteiger partial charge on any atom is -0.377 e. The van der Waals surface area contributed by atoms with E-state index in [1.807, 2.05) is 19.4 Å². The van der Waals surface area contributed by atoms with Gasteiger partial charge in [0, 0.05) is 25.0 Å². The van der Waals surface area contributed by atoms with Crippen LogP contribution in [0.3, 0.4) is 0 Å². The van der Waals surface area contributed by atoms with Crippen LogP contribution >= 0.6 is 0 Å². The van der Waals surface area contributed by atoms with Crippen LogP contribution in [0, 0.1) is 6.92 Å². The molecule has 0 aliphatic carbocycles. The van der Waals surface area contributed by atoms with E-state index < -0.39 is 0 Å². The molecular formula is C15H20N6O. The molecule has 2 aromatic heterocycles. The van der Waals surface area contributed by atoms with Gasteiger partial charge in [-0.1, -0.05) is 0 Å². The predicted octanol–water partition coefficient (Wildman–Crippen LogP) is 1.63. The van der Waals surface area contributed by atoms with Gasteiger partial charge in [0.15, 0.2) is 0 Å². The van der Waals surface area contributed by atoms with E-state index in [1.54, 1.807) is 10.9 Å². The van der Waals surface area contributed by atoms with Crippen LogP contribution in [0.2, 0.25) is 0 Å². The average molecular weight is 300 g/mol. The summed E-state index contributed by atoms with van der Waals surface area (Å²) in [5.74, 6) is 1.64. The summed E-state index contributed by atoms with van der Waals surface area (Å²) in [6, 6.07) is 0.886. The molecule has 0 spiro atoms. The van der Waals surface area contributed by atoms with Crippen molar-refractivity contribution in [3.05, 3.63) is 24.2 Å². The smallest absolute Gasteiger partial charge is 0.229 e. The predicted molar refractivity (Wildman–Crippen MR) is 83.4 cm³/mol. The summed E-state index contributed by atoms with van der Waals surface area (Å²) in [6.07, 6.45) is 7.91. The number of fused-ring (bicyclic) bond motifs is 2. The molecule has 2 unspecified atom stereocenters. The van der Waals surface area contributed by atoms with E-state index in [0.717, 1.165) is 30.3 Å². The van der Waals surface area contributed by atoms with Crippen molar-refractivity contribution >= 4 is 17.5 Å². The van der Waals surface area contributed by atoms with E-state index >= 15 is 0 Å². The van der Waals surface area contributed by atoms with Crippen LogP contribution in [0.25, 0.3) is 0 Å². The summed E-state index contributed by atoms with van der Waals surface area (Å²) in [4.78, 5) is 11.6. The summed E-state index contributed by atoms with van der Waals surface area (Å²) in [5.41, 5.74) is 2.00. The van der Waals surface area contributed by atoms with Crippen molar-refractivity contribution in [1.82, 2.24) is 19.7 Å². The third kappa shape index (κ3) is 2.31. The average Bonchev–Trinajstić information content (AvgIpc) is 3.01. The van der Waals surface area contributed by atoms with Crippen molar-refractivity contribution in [2.45, 2.75) is 31.8 Å². The molecule has 2 aliphatic rings. The Hall–Kier alpha value is -2.15. The maximum Gasteiger partial charge on any atom is 0.229 e. The van der Waals surface area contributed by atoms with Gasteiger partial charge >= 0.3 is 0 Å². The van der Waals surface area contributed by atoms with Gasteiger partial charge in [0.05, 0.1) is 37.2 Å². The second-order valence-corrected chi connectivity index (χ2v) is 6.06. The molecule has 0 aromatic carbocycles. The first-order chi connectivity index (χ1) is 10.7. The number of rotatable bonds is 3. The number of ether oxygens (including phenoxy) is 1. The van der Waals surface area contributed by atoms with Gasteiger partial charge in [-0.2, -0.15) is 10.1 Å². The third-order valence-corrected chi connectivity index (χ3v) is 4.39. The summed E-state index contributed by atoms with van der Waals surface area (Å²) in [7, 11) is 1.89. The van der Waals surface area contributed by atoms with Crippen LogP contribution in [0.5, 0.6) is 0 Å². The normalized spacial score (nSPS) is 23.8. The van der Waals surface area contributed by atoms with E-state index in [0.29, 0.717) is 18.0 Å². The first-order valence-corrected chi connectivity index (χ1v) is 7.66. The Morgan fingerprint density at radius 3 is 2.68 bits per heavy atom. The van der Waals surface area contributed by atoms with Crippen molar-refractivity contribution < 1.29 is 4.74 Å². The van der Waals surface area contributed by atoms with E-state index in [9.17, 15) is 0 Å². The van der Waals surface area contributed by atoms with Crippen LogP contribution in [0.4, 0.5) is 17.5 Å². The Balaban J connectivity index is 1.63. The lowest BCUT2D eigenvalue weighted by molar-refractivity contribution is 0.0901. The fraction of sp³-hybridized carbons (Fsp3) is 0.533. The highest BCUT2D eigenvalue weighted by atomic mass is 16.5. The summed E-state index contributed by atoms with van der Waals surface area (Å²) < 4.78 is 7.41. The zero-order valence-electron chi connectivity index (χ0n) is 12.9. The Morgan fingerprint density at radius 2 is 2.00 bits per heavy atom. The molecule has 2 atom stereocenters. The number of anilines is 3. The van der Waals surface area contributed by atoms with Gasteiger partial charge in [-0.05, 0) is 19.8 Å². The molecule has 0 amide bonds. The second-order valence-electron chi connectivity index (χ2n) is 6.06. The molecule has 116 valence electrons. The largest absolute Gasteiger partial charge is 0.377 e. The molecule has 2 saturated heterocycles. The molecule has 22 heavy (non-hydrogen) atoms. The fourth-order valence-corrected chi connectivity index (χ4v) is 3.34. The molecule has 7 nitrogen and oxygen atoms in total. The second kappa shape index (κ2) is 5.24. The Labute approximate surface area is 129 Å². The number of aromatic nitrogens is 4. The van der Waals surface area contributed by atoms with Gasteiger partial charge in [-0.15, -0.1) is 0 Å². The van der Waals surface area contributed by atoms with E-state index in [4.69, 9.17) is 9.72 Å². The summed E-state index contributed by atoms with van der Waals surface area (Å²) >= 11 is 0. The van der Waals surface area contributed by atoms with E-state index in [-0.39, 0.29) is 0 Å². The molecule has 2 bridgehead atoms. The number of aryl methyl sites for hydroxylation is 2. The maximum absolute atomic E-state index is 5.67. The summed E-state index contributed by atoms with van der Waals surface area (Å²) in [6.45, 7) is 3.66. The van der Waals surface area contributed by atoms with Crippen molar-refractivity contribution in [2.24, 2.45) is 7.05 Å². The SMILES string of the molecule is Cc1cnc(Nc2cnn(C)c2)nc1N1C2CCC1COC2. The van der Waals surface area contributed by atoms with Gasteiger partial charge in [0.1, 0.15) is 5.82 Å². The first kappa shape index (κ1) is 13.5. The van der Waals surface area contributed by atoms with Crippen molar-refractivity contribution in [2.75, 3.05) is 23.4 Å². The molecule has 7 heteroatoms. The van der Waals surface area contributed by atoms with Gasteiger partial charge in [-0.3, -0.25) is 4.68 Å². The van der Waals surface area contributed by atoms with E-state index in [1.165, 1.54) is 12.8 Å². The maximum atomic E-state index is 5.67. The minimum absolute atomic E-state index is 0.443. The Kier molecular flexibility index (Phi) is 3.22. The van der Waals surface area contributed by atoms with Crippen LogP contribution in [0.15, 0.2) is 18.6 Å². The Morgan fingerprint density at radius 1 is 1.23 bits per heavy atom. The highest BCUT2D eigenvalue weighted by Gasteiger charge is 2.38. The zero-order chi connectivity index (χ0) is 15.1. The molecule has 4 heterocycles. The van der Waals surface area contributed by atoms with Crippen molar-refractivity contribution in [3.63, 3.8) is 0 Å². The summed E-state index contributed by atoms with van der Waals surface area (Å²) in [5, 5.41) is 7.37. The lowest BCUT2D eigenvalue weighted by atomic mass is 10.2. The molecule has 0 saturated carbocycles. The van der Waals surface area contributed by atoms with Crippen molar-refractivity contribution in [3.8, 4) is 0 Å². The molecule has 1 N–H and O–H groups in total. The minimum atomic E-state index is 0.443. The molecule has 2 aromatic rings. The first-order valence-electron chi connectivity index (χ1n) is 7.66. The number of hydrogen-bond acceptors (Lipinski definition) is 6. The highest BCUT2D eigenvalue weighted by Crippen LogP contribution is 2.34. The van der Waals surface area contributed by atoms with Crippen molar-refractivity contribution in [1.29, 1.82) is 0 Å². The number of nitrogens with zero attached hydrogens (tertiary/aromatic N) is 5. The number of hydrogen-bond donors (Lipinski definition) is 1. The lowest BCUT2D eigenvalue weighted by Crippen LogP contribution is -2.46. The molecular weight excluding hydrogens is 280 g/mol. The van der Waals surface area contributed by atoms with Crippen LogP contribution in [-0.4, -0.2) is 45.0 Å². The topological polar surface area (TPSA) is 68.1 Å². The highest BCUT2D eigenvalue weighted by molar-refractivity contribution is 5.56. The number of nitrogens with one attached hydrogen (secondary N) is 1. The molecule has 2 aliphatic heterocycles. The van der Waals surface area contributed by atoms with Gasteiger partial charge in [-0.25, -0.2) is 4.98 Å². The zero-order valence-corrected chi connectivity index (χ0v) is 12.9. The van der Waals surface area contributed by atoms with E-state index in [2.05, 4.69) is 27.2 Å². The van der Waals surface area contributed by atoms with Gasteiger partial charge < -0.3 is 15.0 Å². The number of morpholine rings is 1. The van der Waals surface area contributed by atoms with Crippen LogP contribution in [0.1, 0.15) is 18.4 Å². The quantitative estimate of drug-likeness (QED) is 0.929. The monoisotopic (exact) mass is 300 g/mol. The van der Waals surface area contributed by atoms with Crippen LogP contribution in [-0.2, 0) is 11.8 Å². The van der Waals surface area contributed by atoms with Gasteiger partial charge in [0.25, 0.3) is 0 Å². The van der Waals surface area contributed by atoms with Gasteiger partial charge in [0.2, 0.25) is 5.95 Å². The Bertz CT molecular complexity index is 668. The lowest BCUT2D eigenvalue weighted by Gasteiger charge is -2.36. The standard InChI is InChI=1S/C15H20N6O/c1-10-5-16-15(18-11-6-17-20(2)7-11)19-14(10)21-12-3-4-13(21)9-22-8-12/h5-7,12-13H,3-4,8-9H2,1-2H3,(H,16,18,19). The third-order valence-electron chi connectivity index (χ3n) is 4.39. The molecule has 0 radical (unpaired) electrons. The van der Waals surface area contributed by atoms with Crippen LogP contribution < -0.4 is 10.2 Å².